The van der Waals surface area contributed by atoms with Crippen molar-refractivity contribution in [1.29, 1.82) is 0 Å². The van der Waals surface area contributed by atoms with Crippen LogP contribution in [0, 0.1) is 0 Å². The first-order chi connectivity index (χ1) is 7.15. The van der Waals surface area contributed by atoms with Crippen LogP contribution < -0.4 is 5.32 Å². The molecule has 0 saturated carbocycles. The van der Waals surface area contributed by atoms with E-state index in [1.807, 2.05) is 13.2 Å². The number of unbranched alkanes of at least 4 members (excludes halogenated alkanes) is 1. The number of halogens is 1. The highest BCUT2D eigenvalue weighted by molar-refractivity contribution is 9.09. The number of thioether (sulfide) groups is 1. The topological polar surface area (TPSA) is 49.3 Å². The standard InChI is InChI=1S/C10H20BrNO2S/c1-8(9(7-13)15-2)12-10(14)5-3-4-6-11/h8-9,13H,3-7H2,1-2H3,(H,12,14). The minimum absolute atomic E-state index is 0.0291. The lowest BCUT2D eigenvalue weighted by molar-refractivity contribution is -0.121. The number of aliphatic hydroxyl groups excluding tert-OH is 1. The molecule has 0 spiro atoms. The zero-order valence-corrected chi connectivity index (χ0v) is 11.7. The first-order valence-electron chi connectivity index (χ1n) is 5.14. The lowest BCUT2D eigenvalue weighted by atomic mass is 10.2. The summed E-state index contributed by atoms with van der Waals surface area (Å²) >= 11 is 4.90. The third-order valence-electron chi connectivity index (χ3n) is 2.22. The SMILES string of the molecule is CSC(CO)C(C)NC(=O)CCCCBr. The smallest absolute Gasteiger partial charge is 0.220 e. The van der Waals surface area contributed by atoms with Gasteiger partial charge >= 0.3 is 0 Å². The van der Waals surface area contributed by atoms with E-state index in [4.69, 9.17) is 5.11 Å². The van der Waals surface area contributed by atoms with Gasteiger partial charge in [0.25, 0.3) is 0 Å². The van der Waals surface area contributed by atoms with Crippen molar-refractivity contribution in [3.05, 3.63) is 0 Å². The van der Waals surface area contributed by atoms with Crippen molar-refractivity contribution in [2.75, 3.05) is 18.2 Å². The molecule has 0 bridgehead atoms. The molecule has 2 N–H and O–H groups in total. The fourth-order valence-electron chi connectivity index (χ4n) is 1.24. The van der Waals surface area contributed by atoms with Crippen LogP contribution in [0.2, 0.25) is 0 Å². The molecule has 1 amide bonds. The van der Waals surface area contributed by atoms with Gasteiger partial charge in [0.05, 0.1) is 6.61 Å². The molecule has 0 rings (SSSR count). The maximum Gasteiger partial charge on any atom is 0.220 e. The van der Waals surface area contributed by atoms with Crippen LogP contribution in [0.4, 0.5) is 0 Å². The largest absolute Gasteiger partial charge is 0.395 e. The molecule has 15 heavy (non-hydrogen) atoms. The van der Waals surface area contributed by atoms with Gasteiger partial charge in [-0.25, -0.2) is 0 Å². The first-order valence-corrected chi connectivity index (χ1v) is 7.55. The van der Waals surface area contributed by atoms with Crippen molar-refractivity contribution < 1.29 is 9.90 Å². The molecule has 0 aromatic carbocycles. The van der Waals surface area contributed by atoms with Gasteiger partial charge in [-0.05, 0) is 26.0 Å². The molecular weight excluding hydrogens is 278 g/mol. The Bertz CT molecular complexity index is 177. The minimum atomic E-state index is 0.0291. The number of alkyl halides is 1. The van der Waals surface area contributed by atoms with Gasteiger partial charge in [-0.1, -0.05) is 15.9 Å². The van der Waals surface area contributed by atoms with Crippen molar-refractivity contribution in [3.8, 4) is 0 Å². The second kappa shape index (κ2) is 9.48. The lowest BCUT2D eigenvalue weighted by Crippen LogP contribution is -2.41. The molecule has 0 fully saturated rings. The molecule has 90 valence electrons. The second-order valence-corrected chi connectivity index (χ2v) is 5.33. The number of carbonyl (C=O) groups excluding carboxylic acids is 1. The average molecular weight is 298 g/mol. The third kappa shape index (κ3) is 7.19. The number of rotatable bonds is 8. The molecule has 0 aromatic rings. The van der Waals surface area contributed by atoms with E-state index < -0.39 is 0 Å². The molecule has 3 nitrogen and oxygen atoms in total. The number of aliphatic hydroxyl groups is 1. The van der Waals surface area contributed by atoms with E-state index in [2.05, 4.69) is 21.2 Å². The fraction of sp³-hybridized carbons (Fsp3) is 0.900. The van der Waals surface area contributed by atoms with E-state index in [9.17, 15) is 4.79 Å². The number of nitrogens with one attached hydrogen (secondary N) is 1. The van der Waals surface area contributed by atoms with Crippen LogP contribution in [-0.4, -0.2) is 40.5 Å². The average Bonchev–Trinajstić information content (AvgIpc) is 2.20. The molecule has 0 aliphatic heterocycles. The molecular formula is C10H20BrNO2S. The maximum absolute atomic E-state index is 11.4. The van der Waals surface area contributed by atoms with Gasteiger partial charge in [0.1, 0.15) is 0 Å². The molecule has 0 radical (unpaired) electrons. The van der Waals surface area contributed by atoms with Gasteiger partial charge in [0, 0.05) is 23.0 Å². The molecule has 0 aromatic heterocycles. The molecule has 5 heteroatoms. The second-order valence-electron chi connectivity index (χ2n) is 3.46. The predicted octanol–water partition coefficient (Wildman–Crippen LogP) is 1.78. The summed E-state index contributed by atoms with van der Waals surface area (Å²) in [4.78, 5) is 11.4. The zero-order chi connectivity index (χ0) is 11.7. The van der Waals surface area contributed by atoms with Gasteiger partial charge in [-0.2, -0.15) is 11.8 Å². The number of hydrogen-bond acceptors (Lipinski definition) is 3. The summed E-state index contributed by atoms with van der Waals surface area (Å²) in [6, 6.07) is 0.0291. The van der Waals surface area contributed by atoms with Gasteiger partial charge in [-0.3, -0.25) is 4.79 Å². The Morgan fingerprint density at radius 1 is 1.53 bits per heavy atom. The minimum Gasteiger partial charge on any atom is -0.395 e. The van der Waals surface area contributed by atoms with Crippen molar-refractivity contribution >= 4 is 33.6 Å². The summed E-state index contributed by atoms with van der Waals surface area (Å²) in [5, 5.41) is 13.0. The maximum atomic E-state index is 11.4. The summed E-state index contributed by atoms with van der Waals surface area (Å²) in [7, 11) is 0. The van der Waals surface area contributed by atoms with Crippen LogP contribution in [0.15, 0.2) is 0 Å². The number of hydrogen-bond donors (Lipinski definition) is 2. The van der Waals surface area contributed by atoms with Gasteiger partial charge in [-0.15, -0.1) is 0 Å². The van der Waals surface area contributed by atoms with Crippen molar-refractivity contribution in [2.45, 2.75) is 37.5 Å². The zero-order valence-electron chi connectivity index (χ0n) is 9.33. The van der Waals surface area contributed by atoms with E-state index in [0.29, 0.717) is 6.42 Å². The van der Waals surface area contributed by atoms with Crippen molar-refractivity contribution in [2.24, 2.45) is 0 Å². The number of amides is 1. The van der Waals surface area contributed by atoms with Crippen LogP contribution in [-0.2, 0) is 4.79 Å². The first kappa shape index (κ1) is 15.3. The molecule has 0 aliphatic rings. The molecule has 2 atom stereocenters. The van der Waals surface area contributed by atoms with E-state index in [0.717, 1.165) is 18.2 Å². The van der Waals surface area contributed by atoms with Crippen LogP contribution >= 0.6 is 27.7 Å². The highest BCUT2D eigenvalue weighted by Crippen LogP contribution is 2.10. The van der Waals surface area contributed by atoms with Gasteiger partial charge in [0.2, 0.25) is 5.91 Å². The summed E-state index contributed by atoms with van der Waals surface area (Å²) in [6.45, 7) is 2.03. The summed E-state index contributed by atoms with van der Waals surface area (Å²) < 4.78 is 0. The third-order valence-corrected chi connectivity index (χ3v) is 3.94. The van der Waals surface area contributed by atoms with E-state index in [-0.39, 0.29) is 23.8 Å². The van der Waals surface area contributed by atoms with Crippen LogP contribution in [0.3, 0.4) is 0 Å². The van der Waals surface area contributed by atoms with Gasteiger partial charge in [0.15, 0.2) is 0 Å². The van der Waals surface area contributed by atoms with Crippen molar-refractivity contribution in [1.82, 2.24) is 5.32 Å². The quantitative estimate of drug-likeness (QED) is 0.530. The predicted molar refractivity (Wildman–Crippen MR) is 69.6 cm³/mol. The van der Waals surface area contributed by atoms with Crippen LogP contribution in [0.25, 0.3) is 0 Å². The summed E-state index contributed by atoms with van der Waals surface area (Å²) in [6.07, 6.45) is 4.44. The number of carbonyl (C=O) groups is 1. The Morgan fingerprint density at radius 3 is 2.67 bits per heavy atom. The Hall–Kier alpha value is 0.260. The molecule has 0 heterocycles. The summed E-state index contributed by atoms with van der Waals surface area (Å²) in [5.74, 6) is 0.0796. The van der Waals surface area contributed by atoms with Gasteiger partial charge < -0.3 is 10.4 Å². The highest BCUT2D eigenvalue weighted by atomic mass is 79.9. The Kier molecular flexibility index (Phi) is 9.65. The fourth-order valence-corrected chi connectivity index (χ4v) is 2.26. The van der Waals surface area contributed by atoms with Crippen molar-refractivity contribution in [3.63, 3.8) is 0 Å². The highest BCUT2D eigenvalue weighted by Gasteiger charge is 2.16. The van der Waals surface area contributed by atoms with Crippen LogP contribution in [0.1, 0.15) is 26.2 Å². The molecule has 0 saturated heterocycles. The Labute approximate surface area is 105 Å². The normalized spacial score (nSPS) is 14.7. The lowest BCUT2D eigenvalue weighted by Gasteiger charge is -2.21. The monoisotopic (exact) mass is 297 g/mol. The Morgan fingerprint density at radius 2 is 2.20 bits per heavy atom. The molecule has 0 aliphatic carbocycles. The van der Waals surface area contributed by atoms with Crippen LogP contribution in [0.5, 0.6) is 0 Å². The van der Waals surface area contributed by atoms with E-state index >= 15 is 0 Å². The van der Waals surface area contributed by atoms with E-state index in [1.54, 1.807) is 11.8 Å². The Balaban J connectivity index is 3.74. The summed E-state index contributed by atoms with van der Waals surface area (Å²) in [5.41, 5.74) is 0. The van der Waals surface area contributed by atoms with E-state index in [1.165, 1.54) is 0 Å². The molecule has 2 unspecified atom stereocenters.